The predicted molar refractivity (Wildman–Crippen MR) is 44.8 cm³/mol. The van der Waals surface area contributed by atoms with Crippen LogP contribution in [0, 0.1) is 21.7 Å². The van der Waals surface area contributed by atoms with E-state index in [0.29, 0.717) is 6.07 Å². The van der Waals surface area contributed by atoms with Crippen LogP contribution in [-0.2, 0) is 0 Å². The molecule has 0 radical (unpaired) electrons. The molecule has 0 saturated heterocycles. The molecule has 0 aliphatic carbocycles. The van der Waals surface area contributed by atoms with Crippen LogP contribution in [0.4, 0.5) is 14.5 Å². The molecule has 1 aromatic carbocycles. The fourth-order valence-corrected chi connectivity index (χ4v) is 1.47. The zero-order valence-electron chi connectivity index (χ0n) is 6.58. The molecule has 0 unspecified atom stereocenters. The van der Waals surface area contributed by atoms with Crippen molar-refractivity contribution in [2.75, 3.05) is 6.26 Å². The third kappa shape index (κ3) is 1.95. The molecule has 0 N–H and O–H groups in total. The summed E-state index contributed by atoms with van der Waals surface area (Å²) in [6.07, 6.45) is 1.52. The van der Waals surface area contributed by atoms with Gasteiger partial charge in [-0.25, -0.2) is 4.39 Å². The first-order chi connectivity index (χ1) is 6.06. The van der Waals surface area contributed by atoms with E-state index in [0.717, 1.165) is 17.8 Å². The van der Waals surface area contributed by atoms with E-state index in [2.05, 4.69) is 0 Å². The number of nitro benzene ring substituents is 1. The number of halogens is 2. The van der Waals surface area contributed by atoms with Crippen LogP contribution < -0.4 is 0 Å². The molecule has 13 heavy (non-hydrogen) atoms. The van der Waals surface area contributed by atoms with Crippen molar-refractivity contribution in [2.45, 2.75) is 4.90 Å². The van der Waals surface area contributed by atoms with Gasteiger partial charge in [0.05, 0.1) is 9.82 Å². The van der Waals surface area contributed by atoms with Gasteiger partial charge in [-0.05, 0) is 12.3 Å². The Hall–Kier alpha value is -1.17. The smallest absolute Gasteiger partial charge is 0.258 e. The highest BCUT2D eigenvalue weighted by Crippen LogP contribution is 2.30. The van der Waals surface area contributed by atoms with Crippen LogP contribution in [0.15, 0.2) is 17.0 Å². The van der Waals surface area contributed by atoms with E-state index in [4.69, 9.17) is 0 Å². The average Bonchev–Trinajstić information content (AvgIpc) is 2.01. The predicted octanol–water partition coefficient (Wildman–Crippen LogP) is 2.59. The monoisotopic (exact) mass is 205 g/mol. The third-order valence-electron chi connectivity index (χ3n) is 1.40. The summed E-state index contributed by atoms with van der Waals surface area (Å²) in [5.41, 5.74) is -0.672. The molecule has 0 spiro atoms. The summed E-state index contributed by atoms with van der Waals surface area (Å²) < 4.78 is 25.4. The van der Waals surface area contributed by atoms with Gasteiger partial charge in [0.25, 0.3) is 0 Å². The topological polar surface area (TPSA) is 43.1 Å². The van der Waals surface area contributed by atoms with Gasteiger partial charge in [0.1, 0.15) is 5.82 Å². The van der Waals surface area contributed by atoms with Crippen molar-refractivity contribution < 1.29 is 13.7 Å². The normalized spacial score (nSPS) is 10.1. The van der Waals surface area contributed by atoms with Crippen molar-refractivity contribution in [1.29, 1.82) is 0 Å². The van der Waals surface area contributed by atoms with Crippen molar-refractivity contribution >= 4 is 17.4 Å². The lowest BCUT2D eigenvalue weighted by molar-refractivity contribution is -0.390. The van der Waals surface area contributed by atoms with Gasteiger partial charge in [-0.1, -0.05) is 0 Å². The minimum Gasteiger partial charge on any atom is -0.258 e. The molecule has 0 heterocycles. The van der Waals surface area contributed by atoms with Crippen LogP contribution in [0.2, 0.25) is 0 Å². The number of thioether (sulfide) groups is 1. The number of rotatable bonds is 2. The first kappa shape index (κ1) is 9.91. The standard InChI is InChI=1S/C7H5F2NO2S/c1-13-6-3-4(8)2-5(9)7(6)10(11)12/h2-3H,1H3. The fourth-order valence-electron chi connectivity index (χ4n) is 0.875. The summed E-state index contributed by atoms with van der Waals surface area (Å²) in [6.45, 7) is 0. The van der Waals surface area contributed by atoms with Crippen LogP contribution in [0.25, 0.3) is 0 Å². The molecule has 0 aromatic heterocycles. The fraction of sp³-hybridized carbons (Fsp3) is 0.143. The quantitative estimate of drug-likeness (QED) is 0.423. The van der Waals surface area contributed by atoms with Gasteiger partial charge in [-0.15, -0.1) is 11.8 Å². The summed E-state index contributed by atoms with van der Waals surface area (Å²) >= 11 is 0.930. The molecule has 0 fully saturated rings. The van der Waals surface area contributed by atoms with Crippen molar-refractivity contribution in [3.05, 3.63) is 33.9 Å². The van der Waals surface area contributed by atoms with Gasteiger partial charge in [0.15, 0.2) is 0 Å². The first-order valence-corrected chi connectivity index (χ1v) is 4.46. The largest absolute Gasteiger partial charge is 0.318 e. The Morgan fingerprint density at radius 2 is 2.08 bits per heavy atom. The highest BCUT2D eigenvalue weighted by Gasteiger charge is 2.20. The second-order valence-electron chi connectivity index (χ2n) is 2.20. The maximum absolute atomic E-state index is 12.9. The Morgan fingerprint density at radius 1 is 1.46 bits per heavy atom. The maximum atomic E-state index is 12.9. The van der Waals surface area contributed by atoms with Gasteiger partial charge in [0.2, 0.25) is 5.82 Å². The van der Waals surface area contributed by atoms with Crippen molar-refractivity contribution in [3.63, 3.8) is 0 Å². The zero-order valence-corrected chi connectivity index (χ0v) is 7.40. The molecule has 0 atom stereocenters. The number of hydrogen-bond acceptors (Lipinski definition) is 3. The van der Waals surface area contributed by atoms with Crippen LogP contribution in [-0.4, -0.2) is 11.2 Å². The van der Waals surface area contributed by atoms with Gasteiger partial charge < -0.3 is 0 Å². The van der Waals surface area contributed by atoms with Gasteiger partial charge in [-0.3, -0.25) is 10.1 Å². The molecule has 1 aromatic rings. The molecule has 0 aliphatic heterocycles. The van der Waals surface area contributed by atoms with Gasteiger partial charge in [0, 0.05) is 6.07 Å². The van der Waals surface area contributed by atoms with Crippen molar-refractivity contribution in [1.82, 2.24) is 0 Å². The minimum absolute atomic E-state index is 0.0116. The highest BCUT2D eigenvalue weighted by atomic mass is 32.2. The maximum Gasteiger partial charge on any atom is 0.318 e. The Bertz CT molecular complexity index is 357. The molecule has 0 amide bonds. The van der Waals surface area contributed by atoms with Crippen LogP contribution in [0.3, 0.4) is 0 Å². The number of nitrogens with zero attached hydrogens (tertiary/aromatic N) is 1. The molecule has 6 heteroatoms. The molecular formula is C7H5F2NO2S. The number of benzene rings is 1. The highest BCUT2D eigenvalue weighted by molar-refractivity contribution is 7.98. The molecular weight excluding hydrogens is 200 g/mol. The second kappa shape index (κ2) is 3.69. The molecule has 0 bridgehead atoms. The lowest BCUT2D eigenvalue weighted by Gasteiger charge is -1.99. The van der Waals surface area contributed by atoms with E-state index < -0.39 is 22.2 Å². The van der Waals surface area contributed by atoms with E-state index in [1.54, 1.807) is 0 Å². The molecule has 1 rings (SSSR count). The summed E-state index contributed by atoms with van der Waals surface area (Å²) in [4.78, 5) is 9.47. The number of hydrogen-bond donors (Lipinski definition) is 0. The minimum atomic E-state index is -1.14. The van der Waals surface area contributed by atoms with Crippen LogP contribution in [0.1, 0.15) is 0 Å². The van der Waals surface area contributed by atoms with E-state index in [1.165, 1.54) is 6.26 Å². The second-order valence-corrected chi connectivity index (χ2v) is 3.04. The SMILES string of the molecule is CSc1cc(F)cc(F)c1[N+](=O)[O-]. The van der Waals surface area contributed by atoms with Crippen LogP contribution >= 0.6 is 11.8 Å². The van der Waals surface area contributed by atoms with Crippen molar-refractivity contribution in [3.8, 4) is 0 Å². The van der Waals surface area contributed by atoms with E-state index in [1.807, 2.05) is 0 Å². The molecule has 0 aliphatic rings. The van der Waals surface area contributed by atoms with Crippen LogP contribution in [0.5, 0.6) is 0 Å². The van der Waals surface area contributed by atoms with E-state index in [-0.39, 0.29) is 4.90 Å². The average molecular weight is 205 g/mol. The Labute approximate surface area is 76.9 Å². The summed E-state index contributed by atoms with van der Waals surface area (Å²) in [5, 5.41) is 10.3. The first-order valence-electron chi connectivity index (χ1n) is 3.23. The Morgan fingerprint density at radius 3 is 2.54 bits per heavy atom. The molecule has 70 valence electrons. The number of nitro groups is 1. The summed E-state index contributed by atoms with van der Waals surface area (Å²) in [5.74, 6) is -1.96. The lowest BCUT2D eigenvalue weighted by Crippen LogP contribution is -1.96. The van der Waals surface area contributed by atoms with Crippen molar-refractivity contribution in [2.24, 2.45) is 0 Å². The lowest BCUT2D eigenvalue weighted by atomic mass is 10.3. The zero-order chi connectivity index (χ0) is 10.0. The molecule has 0 saturated carbocycles. The molecule has 3 nitrogen and oxygen atoms in total. The summed E-state index contributed by atoms with van der Waals surface area (Å²) in [7, 11) is 0. The summed E-state index contributed by atoms with van der Waals surface area (Å²) in [6, 6.07) is 1.43. The Balaban J connectivity index is 3.38. The van der Waals surface area contributed by atoms with Gasteiger partial charge >= 0.3 is 5.69 Å². The Kier molecular flexibility index (Phi) is 2.82. The van der Waals surface area contributed by atoms with Gasteiger partial charge in [-0.2, -0.15) is 4.39 Å². The van der Waals surface area contributed by atoms with E-state index in [9.17, 15) is 18.9 Å². The third-order valence-corrected chi connectivity index (χ3v) is 2.15. The van der Waals surface area contributed by atoms with E-state index >= 15 is 0 Å².